The van der Waals surface area contributed by atoms with Crippen LogP contribution in [-0.2, 0) is 15.0 Å². The Bertz CT molecular complexity index is 612. The van der Waals surface area contributed by atoms with Gasteiger partial charge in [0, 0.05) is 24.7 Å². The highest BCUT2D eigenvalue weighted by atomic mass is 16.4. The van der Waals surface area contributed by atoms with Gasteiger partial charge in [0.25, 0.3) is 0 Å². The van der Waals surface area contributed by atoms with Crippen molar-refractivity contribution in [1.82, 2.24) is 0 Å². The largest absolute Gasteiger partial charge is 0.481 e. The first-order valence-corrected chi connectivity index (χ1v) is 9.73. The van der Waals surface area contributed by atoms with Gasteiger partial charge in [0.05, 0.1) is 6.10 Å². The minimum absolute atomic E-state index is 0.0813. The summed E-state index contributed by atoms with van der Waals surface area (Å²) in [6, 6.07) is 8.33. The van der Waals surface area contributed by atoms with Gasteiger partial charge in [-0.25, -0.2) is 0 Å². The summed E-state index contributed by atoms with van der Waals surface area (Å²) in [5.41, 5.74) is 2.38. The van der Waals surface area contributed by atoms with Gasteiger partial charge in [0.1, 0.15) is 5.78 Å². The van der Waals surface area contributed by atoms with Crippen molar-refractivity contribution in [3.05, 3.63) is 35.4 Å². The average molecular weight is 360 g/mol. The first-order chi connectivity index (χ1) is 12.2. The molecule has 2 rings (SSSR count). The van der Waals surface area contributed by atoms with Crippen LogP contribution >= 0.6 is 0 Å². The molecule has 0 aliphatic heterocycles. The maximum absolute atomic E-state index is 12.4. The third kappa shape index (κ3) is 5.41. The number of rotatable bonds is 8. The minimum Gasteiger partial charge on any atom is -0.481 e. The van der Waals surface area contributed by atoms with Crippen LogP contribution in [0.3, 0.4) is 0 Å². The summed E-state index contributed by atoms with van der Waals surface area (Å²) in [7, 11) is 0. The van der Waals surface area contributed by atoms with Gasteiger partial charge in [-0.05, 0) is 29.4 Å². The van der Waals surface area contributed by atoms with E-state index in [1.54, 1.807) is 0 Å². The quantitative estimate of drug-likeness (QED) is 0.672. The second-order valence-electron chi connectivity index (χ2n) is 8.59. The highest BCUT2D eigenvalue weighted by Gasteiger charge is 2.41. The van der Waals surface area contributed by atoms with Gasteiger partial charge >= 0.3 is 5.97 Å². The van der Waals surface area contributed by atoms with Crippen molar-refractivity contribution in [1.29, 1.82) is 0 Å². The van der Waals surface area contributed by atoms with E-state index in [4.69, 9.17) is 5.11 Å². The maximum Gasteiger partial charge on any atom is 0.303 e. The summed E-state index contributed by atoms with van der Waals surface area (Å²) in [6.07, 6.45) is 4.03. The van der Waals surface area contributed by atoms with Crippen molar-refractivity contribution in [2.24, 2.45) is 5.92 Å². The lowest BCUT2D eigenvalue weighted by atomic mass is 9.81. The number of hydrogen-bond acceptors (Lipinski definition) is 3. The Kier molecular flexibility index (Phi) is 6.99. The van der Waals surface area contributed by atoms with E-state index in [1.807, 2.05) is 0 Å². The topological polar surface area (TPSA) is 74.6 Å². The molecule has 0 bridgehead atoms. The molecule has 1 aliphatic carbocycles. The molecule has 1 aromatic rings. The first-order valence-electron chi connectivity index (χ1n) is 9.73. The maximum atomic E-state index is 12.4. The Labute approximate surface area is 156 Å². The van der Waals surface area contributed by atoms with Gasteiger partial charge < -0.3 is 10.2 Å². The summed E-state index contributed by atoms with van der Waals surface area (Å²) >= 11 is 0. The van der Waals surface area contributed by atoms with Crippen molar-refractivity contribution in [3.8, 4) is 0 Å². The summed E-state index contributed by atoms with van der Waals surface area (Å²) in [6.45, 7) is 6.51. The number of carbonyl (C=O) groups excluding carboxylic acids is 1. The third-order valence-corrected chi connectivity index (χ3v) is 5.49. The molecule has 1 fully saturated rings. The molecule has 1 aliphatic rings. The monoisotopic (exact) mass is 360 g/mol. The zero-order valence-electron chi connectivity index (χ0n) is 16.2. The normalized spacial score (nSPS) is 23.4. The van der Waals surface area contributed by atoms with Gasteiger partial charge in [-0.2, -0.15) is 0 Å². The number of benzene rings is 1. The average Bonchev–Trinajstić information content (AvgIpc) is 2.83. The summed E-state index contributed by atoms with van der Waals surface area (Å²) in [5.74, 6) is -0.828. The smallest absolute Gasteiger partial charge is 0.303 e. The number of hydrogen-bond donors (Lipinski definition) is 2. The molecule has 0 amide bonds. The molecule has 1 aromatic carbocycles. The van der Waals surface area contributed by atoms with Crippen molar-refractivity contribution >= 4 is 11.8 Å². The zero-order valence-corrected chi connectivity index (χ0v) is 16.2. The molecular weight excluding hydrogens is 328 g/mol. The number of ketones is 1. The number of unbranched alkanes of at least 4 members (excludes halogenated alkanes) is 3. The minimum atomic E-state index is -0.752. The van der Waals surface area contributed by atoms with Crippen LogP contribution in [0.5, 0.6) is 0 Å². The Balaban J connectivity index is 1.97. The number of carbonyl (C=O) groups is 2. The zero-order chi connectivity index (χ0) is 19.3. The lowest BCUT2D eigenvalue weighted by Crippen LogP contribution is -2.19. The van der Waals surface area contributed by atoms with Crippen LogP contribution in [-0.4, -0.2) is 28.1 Å². The molecule has 26 heavy (non-hydrogen) atoms. The van der Waals surface area contributed by atoms with Crippen LogP contribution in [0.2, 0.25) is 0 Å². The van der Waals surface area contributed by atoms with Crippen molar-refractivity contribution in [2.45, 2.75) is 83.2 Å². The molecule has 4 nitrogen and oxygen atoms in total. The van der Waals surface area contributed by atoms with Crippen LogP contribution in [0.1, 0.15) is 82.8 Å². The fraction of sp³-hybridized carbons (Fsp3) is 0.636. The lowest BCUT2D eigenvalue weighted by Gasteiger charge is -2.24. The molecule has 0 aromatic heterocycles. The lowest BCUT2D eigenvalue weighted by molar-refractivity contribution is -0.137. The van der Waals surface area contributed by atoms with E-state index in [0.717, 1.165) is 31.2 Å². The molecule has 0 saturated heterocycles. The van der Waals surface area contributed by atoms with Crippen molar-refractivity contribution < 1.29 is 19.8 Å². The molecule has 3 unspecified atom stereocenters. The van der Waals surface area contributed by atoms with Crippen LogP contribution < -0.4 is 0 Å². The molecule has 144 valence electrons. The predicted octanol–water partition coefficient (Wildman–Crippen LogP) is 4.44. The standard InChI is InChI=1S/C22H32O4/c1-22(2,3)16-12-10-15(11-13-16)21-17(18(23)14-19(21)24)8-6-4-5-7-9-20(25)26/h10-13,17,19,21,24H,4-9,14H2,1-3H3,(H,25,26). The van der Waals surface area contributed by atoms with Gasteiger partial charge in [0.15, 0.2) is 0 Å². The van der Waals surface area contributed by atoms with Crippen LogP contribution in [0.4, 0.5) is 0 Å². The van der Waals surface area contributed by atoms with Crippen LogP contribution in [0.25, 0.3) is 0 Å². The number of aliphatic hydroxyl groups is 1. The Hall–Kier alpha value is -1.68. The second kappa shape index (κ2) is 8.81. The summed E-state index contributed by atoms with van der Waals surface area (Å²) in [5, 5.41) is 19.1. The van der Waals surface area contributed by atoms with E-state index in [9.17, 15) is 14.7 Å². The molecule has 0 heterocycles. The van der Waals surface area contributed by atoms with E-state index in [2.05, 4.69) is 45.0 Å². The molecule has 4 heteroatoms. The van der Waals surface area contributed by atoms with Gasteiger partial charge in [-0.1, -0.05) is 64.3 Å². The van der Waals surface area contributed by atoms with Gasteiger partial charge in [0.2, 0.25) is 0 Å². The SMILES string of the molecule is CC(C)(C)c1ccc(C2C(O)CC(=O)C2CCCCCCC(=O)O)cc1. The molecule has 0 radical (unpaired) electrons. The van der Waals surface area contributed by atoms with Gasteiger partial charge in [-0.3, -0.25) is 9.59 Å². The number of aliphatic hydroxyl groups excluding tert-OH is 1. The molecule has 0 spiro atoms. The Morgan fingerprint density at radius 3 is 2.27 bits per heavy atom. The van der Waals surface area contributed by atoms with E-state index < -0.39 is 12.1 Å². The first kappa shape index (κ1) is 20.6. The highest BCUT2D eigenvalue weighted by molar-refractivity contribution is 5.85. The highest BCUT2D eigenvalue weighted by Crippen LogP contribution is 2.41. The summed E-state index contributed by atoms with van der Waals surface area (Å²) < 4.78 is 0. The second-order valence-corrected chi connectivity index (χ2v) is 8.59. The number of carboxylic acid groups (broad SMARTS) is 1. The Morgan fingerprint density at radius 1 is 1.08 bits per heavy atom. The third-order valence-electron chi connectivity index (χ3n) is 5.49. The van der Waals surface area contributed by atoms with E-state index >= 15 is 0 Å². The fourth-order valence-corrected chi connectivity index (χ4v) is 3.95. The van der Waals surface area contributed by atoms with E-state index in [0.29, 0.717) is 6.42 Å². The van der Waals surface area contributed by atoms with E-state index in [1.165, 1.54) is 5.56 Å². The Morgan fingerprint density at radius 2 is 1.69 bits per heavy atom. The van der Waals surface area contributed by atoms with Crippen LogP contribution in [0, 0.1) is 5.92 Å². The molecule has 3 atom stereocenters. The molecule has 2 N–H and O–H groups in total. The molecule has 1 saturated carbocycles. The fourth-order valence-electron chi connectivity index (χ4n) is 3.95. The number of Topliss-reactive ketones (excluding diaryl/α,β-unsaturated/α-hetero) is 1. The van der Waals surface area contributed by atoms with Gasteiger partial charge in [-0.15, -0.1) is 0 Å². The predicted molar refractivity (Wildman–Crippen MR) is 102 cm³/mol. The van der Waals surface area contributed by atoms with Crippen LogP contribution in [0.15, 0.2) is 24.3 Å². The van der Waals surface area contributed by atoms with E-state index in [-0.39, 0.29) is 35.9 Å². The summed E-state index contributed by atoms with van der Waals surface area (Å²) in [4.78, 5) is 22.9. The number of carboxylic acids is 1. The number of aliphatic carboxylic acids is 1. The molecular formula is C22H32O4. The van der Waals surface area contributed by atoms with Crippen molar-refractivity contribution in [2.75, 3.05) is 0 Å². The van der Waals surface area contributed by atoms with Crippen molar-refractivity contribution in [3.63, 3.8) is 0 Å².